The monoisotopic (exact) mass is 283 g/mol. The maximum atomic E-state index is 12.7. The molecule has 0 spiro atoms. The third-order valence-corrected chi connectivity index (χ3v) is 5.32. The molecular weight excluding hydrogens is 262 g/mol. The molecule has 0 bridgehead atoms. The lowest BCUT2D eigenvalue weighted by atomic mass is 9.94. The summed E-state index contributed by atoms with van der Waals surface area (Å²) in [7, 11) is -1.78. The molecule has 1 fully saturated rings. The van der Waals surface area contributed by atoms with E-state index in [1.165, 1.54) is 0 Å². The summed E-state index contributed by atoms with van der Waals surface area (Å²) in [6, 6.07) is 3.27. The van der Waals surface area contributed by atoms with Crippen molar-refractivity contribution in [3.05, 3.63) is 18.3 Å². The molecule has 19 heavy (non-hydrogen) atoms. The fourth-order valence-corrected chi connectivity index (χ4v) is 4.56. The largest absolute Gasteiger partial charge is 0.372 e. The van der Waals surface area contributed by atoms with Crippen molar-refractivity contribution in [2.45, 2.75) is 25.2 Å². The van der Waals surface area contributed by atoms with Crippen molar-refractivity contribution in [2.75, 3.05) is 25.5 Å². The second kappa shape index (κ2) is 5.46. The van der Waals surface area contributed by atoms with Crippen LogP contribution in [0, 0.1) is 11.8 Å². The molecule has 1 saturated heterocycles. The first-order valence-corrected chi connectivity index (χ1v) is 8.02. The van der Waals surface area contributed by atoms with E-state index < -0.39 is 10.0 Å². The lowest BCUT2D eigenvalue weighted by Crippen LogP contribution is -2.42. The Balaban J connectivity index is 2.36. The van der Waals surface area contributed by atoms with Crippen molar-refractivity contribution >= 4 is 15.8 Å². The van der Waals surface area contributed by atoms with Crippen LogP contribution < -0.4 is 5.32 Å². The van der Waals surface area contributed by atoms with E-state index in [2.05, 4.69) is 24.1 Å². The van der Waals surface area contributed by atoms with E-state index in [4.69, 9.17) is 0 Å². The summed E-state index contributed by atoms with van der Waals surface area (Å²) in [6.45, 7) is 5.37. The highest BCUT2D eigenvalue weighted by molar-refractivity contribution is 7.89. The standard InChI is InChI=1S/C13H21N3O2S/c1-10-7-11(2)9-16(8-10)19(17,18)12-5-4-6-15-13(12)14-3/h4-6,10-11H,7-9H2,1-3H3,(H,14,15). The predicted octanol–water partition coefficient (Wildman–Crippen LogP) is 1.79. The van der Waals surface area contributed by atoms with E-state index in [-0.39, 0.29) is 4.90 Å². The predicted molar refractivity (Wildman–Crippen MR) is 75.5 cm³/mol. The highest BCUT2D eigenvalue weighted by atomic mass is 32.2. The molecule has 1 aliphatic rings. The topological polar surface area (TPSA) is 62.3 Å². The van der Waals surface area contributed by atoms with Gasteiger partial charge in [0.25, 0.3) is 0 Å². The SMILES string of the molecule is CNc1ncccc1S(=O)(=O)N1CC(C)CC(C)C1. The van der Waals surface area contributed by atoms with Crippen LogP contribution in [0.1, 0.15) is 20.3 Å². The Kier molecular flexibility index (Phi) is 4.10. The molecule has 5 nitrogen and oxygen atoms in total. The molecule has 1 aromatic rings. The van der Waals surface area contributed by atoms with Gasteiger partial charge in [-0.2, -0.15) is 4.31 Å². The van der Waals surface area contributed by atoms with Gasteiger partial charge in [-0.15, -0.1) is 0 Å². The molecule has 1 aromatic heterocycles. The Hall–Kier alpha value is -1.14. The number of nitrogens with zero attached hydrogens (tertiary/aromatic N) is 2. The Morgan fingerprint density at radius 2 is 1.95 bits per heavy atom. The summed E-state index contributed by atoms with van der Waals surface area (Å²) in [5, 5.41) is 2.85. The Labute approximate surface area is 115 Å². The van der Waals surface area contributed by atoms with E-state index in [1.54, 1.807) is 29.7 Å². The zero-order chi connectivity index (χ0) is 14.0. The van der Waals surface area contributed by atoms with Gasteiger partial charge < -0.3 is 5.32 Å². The molecule has 0 saturated carbocycles. The van der Waals surface area contributed by atoms with Gasteiger partial charge in [0.05, 0.1) is 0 Å². The molecule has 0 radical (unpaired) electrons. The van der Waals surface area contributed by atoms with Crippen molar-refractivity contribution < 1.29 is 8.42 Å². The van der Waals surface area contributed by atoms with Crippen molar-refractivity contribution in [2.24, 2.45) is 11.8 Å². The van der Waals surface area contributed by atoms with E-state index >= 15 is 0 Å². The van der Waals surface area contributed by atoms with Crippen LogP contribution in [0.4, 0.5) is 5.82 Å². The lowest BCUT2D eigenvalue weighted by Gasteiger charge is -2.34. The van der Waals surface area contributed by atoms with Crippen molar-refractivity contribution in [1.29, 1.82) is 0 Å². The molecule has 2 atom stereocenters. The Morgan fingerprint density at radius 1 is 1.32 bits per heavy atom. The van der Waals surface area contributed by atoms with Gasteiger partial charge in [-0.05, 0) is 30.4 Å². The number of piperidine rings is 1. The maximum absolute atomic E-state index is 12.7. The maximum Gasteiger partial charge on any atom is 0.246 e. The van der Waals surface area contributed by atoms with E-state index in [1.807, 2.05) is 0 Å². The van der Waals surface area contributed by atoms with Crippen molar-refractivity contribution in [3.8, 4) is 0 Å². The number of hydrogen-bond acceptors (Lipinski definition) is 4. The van der Waals surface area contributed by atoms with Crippen LogP contribution in [0.25, 0.3) is 0 Å². The summed E-state index contributed by atoms with van der Waals surface area (Å²) in [5.41, 5.74) is 0. The highest BCUT2D eigenvalue weighted by Gasteiger charge is 2.33. The quantitative estimate of drug-likeness (QED) is 0.918. The number of hydrogen-bond donors (Lipinski definition) is 1. The molecule has 2 unspecified atom stereocenters. The first kappa shape index (κ1) is 14.3. The van der Waals surface area contributed by atoms with E-state index in [9.17, 15) is 8.42 Å². The van der Waals surface area contributed by atoms with Gasteiger partial charge in [0.15, 0.2) is 0 Å². The van der Waals surface area contributed by atoms with Crippen molar-refractivity contribution in [1.82, 2.24) is 9.29 Å². The smallest absolute Gasteiger partial charge is 0.246 e. The fraction of sp³-hybridized carbons (Fsp3) is 0.615. The van der Waals surface area contributed by atoms with Crippen LogP contribution in [0.3, 0.4) is 0 Å². The Bertz CT molecular complexity index is 535. The number of anilines is 1. The lowest BCUT2D eigenvalue weighted by molar-refractivity contribution is 0.222. The third-order valence-electron chi connectivity index (χ3n) is 3.46. The molecule has 1 N–H and O–H groups in total. The van der Waals surface area contributed by atoms with Crippen LogP contribution in [0.2, 0.25) is 0 Å². The molecule has 1 aliphatic heterocycles. The van der Waals surface area contributed by atoms with Crippen LogP contribution in [0.5, 0.6) is 0 Å². The van der Waals surface area contributed by atoms with Crippen LogP contribution in [0.15, 0.2) is 23.2 Å². The van der Waals surface area contributed by atoms with Crippen LogP contribution >= 0.6 is 0 Å². The molecule has 106 valence electrons. The van der Waals surface area contributed by atoms with E-state index in [0.29, 0.717) is 30.7 Å². The zero-order valence-electron chi connectivity index (χ0n) is 11.6. The summed E-state index contributed by atoms with van der Waals surface area (Å²) in [5.74, 6) is 1.20. The van der Waals surface area contributed by atoms with Gasteiger partial charge in [0.2, 0.25) is 10.0 Å². The van der Waals surface area contributed by atoms with Gasteiger partial charge in [0.1, 0.15) is 10.7 Å². The number of sulfonamides is 1. The average Bonchev–Trinajstić information content (AvgIpc) is 2.37. The molecule has 2 rings (SSSR count). The van der Waals surface area contributed by atoms with Gasteiger partial charge in [-0.1, -0.05) is 13.8 Å². The number of pyridine rings is 1. The third kappa shape index (κ3) is 2.90. The second-order valence-corrected chi connectivity index (χ2v) is 7.27. The zero-order valence-corrected chi connectivity index (χ0v) is 12.4. The van der Waals surface area contributed by atoms with E-state index in [0.717, 1.165) is 6.42 Å². The summed E-state index contributed by atoms with van der Waals surface area (Å²) in [6.07, 6.45) is 2.67. The average molecular weight is 283 g/mol. The van der Waals surface area contributed by atoms with Gasteiger partial charge in [-0.25, -0.2) is 13.4 Å². The van der Waals surface area contributed by atoms with Crippen LogP contribution in [-0.4, -0.2) is 37.8 Å². The Morgan fingerprint density at radius 3 is 2.53 bits per heavy atom. The minimum Gasteiger partial charge on any atom is -0.372 e. The molecule has 0 aliphatic carbocycles. The van der Waals surface area contributed by atoms with Crippen molar-refractivity contribution in [3.63, 3.8) is 0 Å². The second-order valence-electron chi connectivity index (χ2n) is 5.37. The van der Waals surface area contributed by atoms with Crippen LogP contribution in [-0.2, 0) is 10.0 Å². The molecule has 6 heteroatoms. The first-order chi connectivity index (χ1) is 8.95. The fourth-order valence-electron chi connectivity index (χ4n) is 2.73. The minimum absolute atomic E-state index is 0.263. The number of aromatic nitrogens is 1. The molecule has 0 amide bonds. The number of nitrogens with one attached hydrogen (secondary N) is 1. The normalized spacial score (nSPS) is 25.2. The number of rotatable bonds is 3. The van der Waals surface area contributed by atoms with Gasteiger partial charge >= 0.3 is 0 Å². The summed E-state index contributed by atoms with van der Waals surface area (Å²) < 4.78 is 27.0. The minimum atomic E-state index is -3.46. The summed E-state index contributed by atoms with van der Waals surface area (Å²) in [4.78, 5) is 4.34. The molecule has 0 aromatic carbocycles. The van der Waals surface area contributed by atoms with Gasteiger partial charge in [-0.3, -0.25) is 0 Å². The molecule has 2 heterocycles. The highest BCUT2D eigenvalue weighted by Crippen LogP contribution is 2.28. The molecular formula is C13H21N3O2S. The first-order valence-electron chi connectivity index (χ1n) is 6.58. The van der Waals surface area contributed by atoms with Gasteiger partial charge in [0, 0.05) is 26.3 Å². The summed E-state index contributed by atoms with van der Waals surface area (Å²) >= 11 is 0.